The largest absolute Gasteiger partial charge is 0.395 e. The fourth-order valence-corrected chi connectivity index (χ4v) is 1.12. The Labute approximate surface area is 98.8 Å². The molecule has 5 nitrogen and oxygen atoms in total. The first-order valence-corrected chi connectivity index (χ1v) is 4.94. The zero-order valence-corrected chi connectivity index (χ0v) is 9.06. The molecule has 0 aliphatic carbocycles. The van der Waals surface area contributed by atoms with Crippen LogP contribution in [0.2, 0.25) is 0 Å². The van der Waals surface area contributed by atoms with E-state index in [2.05, 4.69) is 16.6 Å². The number of rotatable bonds is 3. The van der Waals surface area contributed by atoms with Gasteiger partial charge in [0, 0.05) is 17.8 Å². The highest BCUT2D eigenvalue weighted by Gasteiger charge is 2.12. The van der Waals surface area contributed by atoms with E-state index in [0.717, 1.165) is 0 Å². The van der Waals surface area contributed by atoms with Crippen LogP contribution in [0.3, 0.4) is 0 Å². The van der Waals surface area contributed by atoms with Gasteiger partial charge in [0.1, 0.15) is 0 Å². The number of benzene rings is 1. The number of aliphatic hydroxyl groups excluding tert-OH is 1. The zero-order chi connectivity index (χ0) is 12.7. The Balaban J connectivity index is 2.62. The van der Waals surface area contributed by atoms with Crippen LogP contribution in [0.4, 0.5) is 5.69 Å². The molecule has 88 valence electrons. The quantitative estimate of drug-likeness (QED) is 0.495. The van der Waals surface area contributed by atoms with E-state index in [1.807, 2.05) is 0 Å². The monoisotopic (exact) mass is 232 g/mol. The SMILES string of the molecule is C#Cc1cccc(NC(=O)C(=O)NCCO)c1. The van der Waals surface area contributed by atoms with Crippen LogP contribution < -0.4 is 10.6 Å². The van der Waals surface area contributed by atoms with Gasteiger partial charge >= 0.3 is 11.8 Å². The lowest BCUT2D eigenvalue weighted by Crippen LogP contribution is -2.36. The summed E-state index contributed by atoms with van der Waals surface area (Å²) in [4.78, 5) is 22.5. The van der Waals surface area contributed by atoms with Crippen molar-refractivity contribution < 1.29 is 14.7 Å². The molecule has 3 N–H and O–H groups in total. The maximum absolute atomic E-state index is 11.4. The molecule has 0 aliphatic heterocycles. The van der Waals surface area contributed by atoms with Crippen molar-refractivity contribution in [1.29, 1.82) is 0 Å². The van der Waals surface area contributed by atoms with Gasteiger partial charge in [-0.1, -0.05) is 12.0 Å². The smallest absolute Gasteiger partial charge is 0.313 e. The van der Waals surface area contributed by atoms with Crippen molar-refractivity contribution in [2.24, 2.45) is 0 Å². The van der Waals surface area contributed by atoms with Gasteiger partial charge in [-0.2, -0.15) is 0 Å². The van der Waals surface area contributed by atoms with Gasteiger partial charge in [0.05, 0.1) is 6.61 Å². The molecule has 1 rings (SSSR count). The summed E-state index contributed by atoms with van der Waals surface area (Å²) in [5.41, 5.74) is 1.06. The van der Waals surface area contributed by atoms with Crippen LogP contribution in [0, 0.1) is 12.3 Å². The number of amides is 2. The minimum Gasteiger partial charge on any atom is -0.395 e. The molecular formula is C12H12N2O3. The van der Waals surface area contributed by atoms with Crippen molar-refractivity contribution >= 4 is 17.5 Å². The molecule has 1 aromatic carbocycles. The topological polar surface area (TPSA) is 78.4 Å². The molecule has 0 aliphatic rings. The summed E-state index contributed by atoms with van der Waals surface area (Å²) in [6.07, 6.45) is 5.21. The minimum atomic E-state index is -0.801. The Bertz CT molecular complexity index is 463. The summed E-state index contributed by atoms with van der Waals surface area (Å²) >= 11 is 0. The number of carbonyl (C=O) groups is 2. The van der Waals surface area contributed by atoms with Gasteiger partial charge in [-0.3, -0.25) is 9.59 Å². The molecule has 0 saturated heterocycles. The molecule has 0 heterocycles. The molecular weight excluding hydrogens is 220 g/mol. The third kappa shape index (κ3) is 3.97. The first-order valence-electron chi connectivity index (χ1n) is 4.94. The van der Waals surface area contributed by atoms with Crippen molar-refractivity contribution in [3.8, 4) is 12.3 Å². The van der Waals surface area contributed by atoms with Crippen LogP contribution in [0.1, 0.15) is 5.56 Å². The Morgan fingerprint density at radius 2 is 2.12 bits per heavy atom. The highest BCUT2D eigenvalue weighted by Crippen LogP contribution is 2.09. The number of nitrogens with one attached hydrogen (secondary N) is 2. The van der Waals surface area contributed by atoms with Crippen molar-refractivity contribution in [2.75, 3.05) is 18.5 Å². The fraction of sp³-hybridized carbons (Fsp3) is 0.167. The van der Waals surface area contributed by atoms with E-state index in [1.54, 1.807) is 24.3 Å². The molecule has 1 aromatic rings. The van der Waals surface area contributed by atoms with Crippen LogP contribution >= 0.6 is 0 Å². The standard InChI is InChI=1S/C12H12N2O3/c1-2-9-4-3-5-10(8-9)14-12(17)11(16)13-6-7-15/h1,3-5,8,15H,6-7H2,(H,13,16)(H,14,17). The Kier molecular flexibility index (Phi) is 4.73. The molecule has 0 aromatic heterocycles. The van der Waals surface area contributed by atoms with Gasteiger partial charge < -0.3 is 15.7 Å². The summed E-state index contributed by atoms with van der Waals surface area (Å²) in [7, 11) is 0. The molecule has 0 saturated carbocycles. The second kappa shape index (κ2) is 6.30. The molecule has 0 bridgehead atoms. The number of terminal acetylenes is 1. The Morgan fingerprint density at radius 1 is 1.35 bits per heavy atom. The molecule has 0 radical (unpaired) electrons. The van der Waals surface area contributed by atoms with Crippen molar-refractivity contribution in [2.45, 2.75) is 0 Å². The normalized spacial score (nSPS) is 9.18. The maximum atomic E-state index is 11.4. The average molecular weight is 232 g/mol. The van der Waals surface area contributed by atoms with E-state index < -0.39 is 11.8 Å². The van der Waals surface area contributed by atoms with E-state index in [9.17, 15) is 9.59 Å². The third-order valence-electron chi connectivity index (χ3n) is 1.89. The molecule has 0 fully saturated rings. The number of hydrogen-bond donors (Lipinski definition) is 3. The number of aliphatic hydroxyl groups is 1. The summed E-state index contributed by atoms with van der Waals surface area (Å²) in [6, 6.07) is 6.59. The third-order valence-corrected chi connectivity index (χ3v) is 1.89. The first kappa shape index (κ1) is 12.7. The van der Waals surface area contributed by atoms with Gasteiger partial charge in [0.25, 0.3) is 0 Å². The van der Waals surface area contributed by atoms with Gasteiger partial charge in [-0.05, 0) is 18.2 Å². The van der Waals surface area contributed by atoms with Crippen molar-refractivity contribution in [1.82, 2.24) is 5.32 Å². The van der Waals surface area contributed by atoms with Gasteiger partial charge in [0.2, 0.25) is 0 Å². The molecule has 2 amide bonds. The van der Waals surface area contributed by atoms with Gasteiger partial charge in [0.15, 0.2) is 0 Å². The predicted molar refractivity (Wildman–Crippen MR) is 63.1 cm³/mol. The summed E-state index contributed by atoms with van der Waals surface area (Å²) in [5, 5.41) is 13.1. The van der Waals surface area contributed by atoms with Crippen molar-refractivity contribution in [3.63, 3.8) is 0 Å². The van der Waals surface area contributed by atoms with E-state index in [-0.39, 0.29) is 13.2 Å². The zero-order valence-electron chi connectivity index (χ0n) is 9.06. The number of hydrogen-bond acceptors (Lipinski definition) is 3. The fourth-order valence-electron chi connectivity index (χ4n) is 1.12. The average Bonchev–Trinajstić information content (AvgIpc) is 2.36. The lowest BCUT2D eigenvalue weighted by Gasteiger charge is -2.05. The predicted octanol–water partition coefficient (Wildman–Crippen LogP) is -0.285. The van der Waals surface area contributed by atoms with E-state index >= 15 is 0 Å². The van der Waals surface area contributed by atoms with Gasteiger partial charge in [-0.25, -0.2) is 0 Å². The minimum absolute atomic E-state index is 0.0383. The molecule has 5 heteroatoms. The summed E-state index contributed by atoms with van der Waals surface area (Å²) in [6.45, 7) is -0.178. The maximum Gasteiger partial charge on any atom is 0.313 e. The van der Waals surface area contributed by atoms with Crippen LogP contribution in [0.25, 0.3) is 0 Å². The van der Waals surface area contributed by atoms with Crippen LogP contribution in [-0.4, -0.2) is 30.1 Å². The lowest BCUT2D eigenvalue weighted by atomic mass is 10.2. The Morgan fingerprint density at radius 3 is 2.76 bits per heavy atom. The first-order chi connectivity index (χ1) is 8.17. The van der Waals surface area contributed by atoms with Crippen LogP contribution in [0.5, 0.6) is 0 Å². The molecule has 0 unspecified atom stereocenters. The van der Waals surface area contributed by atoms with Crippen molar-refractivity contribution in [3.05, 3.63) is 29.8 Å². The van der Waals surface area contributed by atoms with Gasteiger partial charge in [-0.15, -0.1) is 6.42 Å². The number of anilines is 1. The highest BCUT2D eigenvalue weighted by atomic mass is 16.3. The molecule has 0 spiro atoms. The van der Waals surface area contributed by atoms with Crippen LogP contribution in [0.15, 0.2) is 24.3 Å². The summed E-state index contributed by atoms with van der Waals surface area (Å²) in [5.74, 6) is 0.820. The Hall–Kier alpha value is -2.32. The lowest BCUT2D eigenvalue weighted by molar-refractivity contribution is -0.136. The van der Waals surface area contributed by atoms with E-state index in [1.165, 1.54) is 0 Å². The highest BCUT2D eigenvalue weighted by molar-refractivity contribution is 6.39. The van der Waals surface area contributed by atoms with Crippen LogP contribution in [-0.2, 0) is 9.59 Å². The second-order valence-corrected chi connectivity index (χ2v) is 3.16. The molecule has 17 heavy (non-hydrogen) atoms. The van der Waals surface area contributed by atoms with E-state index in [4.69, 9.17) is 11.5 Å². The number of carbonyl (C=O) groups excluding carboxylic acids is 2. The summed E-state index contributed by atoms with van der Waals surface area (Å²) < 4.78 is 0. The molecule has 0 atom stereocenters. The van der Waals surface area contributed by atoms with E-state index in [0.29, 0.717) is 11.3 Å². The second-order valence-electron chi connectivity index (χ2n) is 3.16.